The fourth-order valence-corrected chi connectivity index (χ4v) is 3.77. The fraction of sp³-hybridized carbons (Fsp3) is 0.381. The number of para-hydroxylation sites is 2. The first kappa shape index (κ1) is 17.7. The summed E-state index contributed by atoms with van der Waals surface area (Å²) in [5.74, 6) is 0.0528. The van der Waals surface area contributed by atoms with Gasteiger partial charge in [-0.3, -0.25) is 9.78 Å². The minimum absolute atomic E-state index is 0.0528. The van der Waals surface area contributed by atoms with Crippen LogP contribution in [0.4, 0.5) is 0 Å². The van der Waals surface area contributed by atoms with Crippen molar-refractivity contribution in [2.24, 2.45) is 0 Å². The average Bonchev–Trinajstić information content (AvgIpc) is 3.12. The molecule has 0 spiro atoms. The number of rotatable bonds is 3. The fourth-order valence-electron chi connectivity index (χ4n) is 3.77. The second kappa shape index (κ2) is 6.78. The molecule has 27 heavy (non-hydrogen) atoms. The zero-order chi connectivity index (χ0) is 19.0. The molecule has 0 unspecified atom stereocenters. The van der Waals surface area contributed by atoms with Crippen LogP contribution < -0.4 is 0 Å². The summed E-state index contributed by atoms with van der Waals surface area (Å²) >= 11 is 0. The predicted molar refractivity (Wildman–Crippen MR) is 103 cm³/mol. The monoisotopic (exact) mass is 364 g/mol. The second-order valence-electron chi connectivity index (χ2n) is 7.39. The Hall–Kier alpha value is -2.73. The Labute approximate surface area is 158 Å². The number of likely N-dealkylation sites (tertiary alicyclic amines) is 1. The Morgan fingerprint density at radius 3 is 2.59 bits per heavy atom. The third-order valence-electron chi connectivity index (χ3n) is 5.55. The first-order valence-electron chi connectivity index (χ1n) is 9.34. The third-order valence-corrected chi connectivity index (χ3v) is 5.55. The van der Waals surface area contributed by atoms with Crippen LogP contribution in [0, 0.1) is 6.92 Å². The summed E-state index contributed by atoms with van der Waals surface area (Å²) in [4.78, 5) is 23.6. The number of amides is 1. The topological polar surface area (TPSA) is 71.2 Å². The molecule has 140 valence electrons. The molecule has 6 nitrogen and oxygen atoms in total. The molecule has 1 atom stereocenters. The zero-order valence-corrected chi connectivity index (χ0v) is 15.7. The third kappa shape index (κ3) is 3.21. The molecule has 3 heterocycles. The lowest BCUT2D eigenvalue weighted by molar-refractivity contribution is -0.138. The normalized spacial score (nSPS) is 17.8. The summed E-state index contributed by atoms with van der Waals surface area (Å²) in [6, 6.07) is 11.3. The molecular weight excluding hydrogens is 340 g/mol. The molecule has 0 radical (unpaired) electrons. The van der Waals surface area contributed by atoms with Gasteiger partial charge >= 0.3 is 0 Å². The van der Waals surface area contributed by atoms with Gasteiger partial charge in [-0.2, -0.15) is 0 Å². The summed E-state index contributed by atoms with van der Waals surface area (Å²) in [6.07, 6.45) is 4.49. The molecule has 3 aromatic rings. The average molecular weight is 364 g/mol. The number of carbonyl (C=O) groups is 1. The summed E-state index contributed by atoms with van der Waals surface area (Å²) in [6.45, 7) is 4.91. The molecule has 1 aliphatic heterocycles. The van der Waals surface area contributed by atoms with E-state index in [0.29, 0.717) is 31.6 Å². The maximum atomic E-state index is 13.0. The Kier molecular flexibility index (Phi) is 4.44. The van der Waals surface area contributed by atoms with E-state index in [-0.39, 0.29) is 11.9 Å². The van der Waals surface area contributed by atoms with Gasteiger partial charge in [-0.1, -0.05) is 18.2 Å². The number of imidazole rings is 1. The van der Waals surface area contributed by atoms with Gasteiger partial charge in [-0.25, -0.2) is 4.98 Å². The van der Waals surface area contributed by atoms with E-state index >= 15 is 0 Å². The van der Waals surface area contributed by atoms with Gasteiger partial charge in [0, 0.05) is 19.3 Å². The summed E-state index contributed by atoms with van der Waals surface area (Å²) in [7, 11) is 0. The van der Waals surface area contributed by atoms with Crippen LogP contribution >= 0.6 is 0 Å². The van der Waals surface area contributed by atoms with Crippen molar-refractivity contribution in [3.05, 3.63) is 60.2 Å². The number of carbonyl (C=O) groups excluding carboxylic acids is 1. The van der Waals surface area contributed by atoms with E-state index in [2.05, 4.69) is 9.97 Å². The Morgan fingerprint density at radius 2 is 1.89 bits per heavy atom. The molecular formula is C21H24N4O2. The SMILES string of the molecule is Cc1ccc(C2(O)CCN(C(=O)[C@@H](C)n3cnc4ccccc43)CC2)nc1. The first-order chi connectivity index (χ1) is 13.0. The zero-order valence-electron chi connectivity index (χ0n) is 15.7. The van der Waals surface area contributed by atoms with Crippen LogP contribution in [0.15, 0.2) is 48.9 Å². The smallest absolute Gasteiger partial charge is 0.245 e. The van der Waals surface area contributed by atoms with E-state index in [1.807, 2.05) is 59.7 Å². The number of aliphatic hydroxyl groups is 1. The van der Waals surface area contributed by atoms with Crippen LogP contribution in [0.25, 0.3) is 11.0 Å². The molecule has 4 rings (SSSR count). The molecule has 1 fully saturated rings. The lowest BCUT2D eigenvalue weighted by atomic mass is 9.87. The van der Waals surface area contributed by atoms with E-state index < -0.39 is 5.60 Å². The lowest BCUT2D eigenvalue weighted by Crippen LogP contribution is -2.47. The summed E-state index contributed by atoms with van der Waals surface area (Å²) in [5, 5.41) is 11.0. The van der Waals surface area contributed by atoms with Crippen molar-refractivity contribution in [2.45, 2.75) is 38.3 Å². The van der Waals surface area contributed by atoms with Gasteiger partial charge in [0.15, 0.2) is 0 Å². The predicted octanol–water partition coefficient (Wildman–Crippen LogP) is 2.81. The number of fused-ring (bicyclic) bond motifs is 1. The minimum Gasteiger partial charge on any atom is -0.383 e. The number of hydrogen-bond acceptors (Lipinski definition) is 4. The number of nitrogens with zero attached hydrogens (tertiary/aromatic N) is 4. The summed E-state index contributed by atoms with van der Waals surface area (Å²) in [5.41, 5.74) is 2.63. The van der Waals surface area contributed by atoms with E-state index in [0.717, 1.165) is 16.6 Å². The Bertz CT molecular complexity index is 956. The lowest BCUT2D eigenvalue weighted by Gasteiger charge is -2.38. The maximum absolute atomic E-state index is 13.0. The van der Waals surface area contributed by atoms with E-state index in [9.17, 15) is 9.90 Å². The molecule has 1 saturated heterocycles. The first-order valence-corrected chi connectivity index (χ1v) is 9.34. The number of benzene rings is 1. The number of piperidine rings is 1. The number of aromatic nitrogens is 3. The van der Waals surface area contributed by atoms with Crippen molar-refractivity contribution < 1.29 is 9.90 Å². The van der Waals surface area contributed by atoms with E-state index in [1.54, 1.807) is 12.5 Å². The van der Waals surface area contributed by atoms with Crippen molar-refractivity contribution >= 4 is 16.9 Å². The van der Waals surface area contributed by atoms with Crippen molar-refractivity contribution in [1.29, 1.82) is 0 Å². The molecule has 0 bridgehead atoms. The molecule has 0 saturated carbocycles. The number of pyridine rings is 1. The van der Waals surface area contributed by atoms with Crippen LogP contribution in [-0.2, 0) is 10.4 Å². The minimum atomic E-state index is -0.963. The van der Waals surface area contributed by atoms with E-state index in [1.165, 1.54) is 0 Å². The Balaban J connectivity index is 1.47. The maximum Gasteiger partial charge on any atom is 0.245 e. The highest BCUT2D eigenvalue weighted by Gasteiger charge is 2.37. The van der Waals surface area contributed by atoms with Crippen molar-refractivity contribution in [2.75, 3.05) is 13.1 Å². The highest BCUT2D eigenvalue weighted by molar-refractivity contribution is 5.83. The highest BCUT2D eigenvalue weighted by Crippen LogP contribution is 2.32. The van der Waals surface area contributed by atoms with Crippen molar-refractivity contribution in [3.63, 3.8) is 0 Å². The van der Waals surface area contributed by atoms with Crippen LogP contribution in [0.2, 0.25) is 0 Å². The van der Waals surface area contributed by atoms with Crippen LogP contribution in [0.1, 0.15) is 37.1 Å². The largest absolute Gasteiger partial charge is 0.383 e. The Morgan fingerprint density at radius 1 is 1.15 bits per heavy atom. The van der Waals surface area contributed by atoms with Crippen LogP contribution in [0.3, 0.4) is 0 Å². The molecule has 1 amide bonds. The molecule has 1 aromatic carbocycles. The highest BCUT2D eigenvalue weighted by atomic mass is 16.3. The van der Waals surface area contributed by atoms with E-state index in [4.69, 9.17) is 0 Å². The molecule has 1 N–H and O–H groups in total. The van der Waals surface area contributed by atoms with Crippen LogP contribution in [0.5, 0.6) is 0 Å². The molecule has 2 aromatic heterocycles. The molecule has 0 aliphatic carbocycles. The number of aryl methyl sites for hydroxylation is 1. The number of hydrogen-bond donors (Lipinski definition) is 1. The quantitative estimate of drug-likeness (QED) is 0.776. The van der Waals surface area contributed by atoms with Crippen LogP contribution in [-0.4, -0.2) is 43.5 Å². The van der Waals surface area contributed by atoms with Gasteiger partial charge in [0.1, 0.15) is 11.6 Å². The van der Waals surface area contributed by atoms with Gasteiger partial charge in [0.25, 0.3) is 0 Å². The standard InChI is InChI=1S/C21H24N4O2/c1-15-7-8-19(22-13-15)21(27)9-11-24(12-10-21)20(26)16(2)25-14-23-17-5-3-4-6-18(17)25/h3-8,13-14,16,27H,9-12H2,1-2H3/t16-/m1/s1. The van der Waals surface area contributed by atoms with Gasteiger partial charge in [0.05, 0.1) is 23.1 Å². The van der Waals surface area contributed by atoms with Crippen molar-refractivity contribution in [3.8, 4) is 0 Å². The van der Waals surface area contributed by atoms with Gasteiger partial charge in [-0.05, 0) is 50.5 Å². The van der Waals surface area contributed by atoms with Gasteiger partial charge in [0.2, 0.25) is 5.91 Å². The van der Waals surface area contributed by atoms with Gasteiger partial charge in [-0.15, -0.1) is 0 Å². The summed E-state index contributed by atoms with van der Waals surface area (Å²) < 4.78 is 1.92. The molecule has 1 aliphatic rings. The van der Waals surface area contributed by atoms with Gasteiger partial charge < -0.3 is 14.6 Å². The second-order valence-corrected chi connectivity index (χ2v) is 7.39. The van der Waals surface area contributed by atoms with Crippen molar-refractivity contribution in [1.82, 2.24) is 19.4 Å². The molecule has 6 heteroatoms.